The molecule has 2 N–H and O–H groups in total. The molecule has 3 amide bonds. The number of urea groups is 1. The molecule has 0 saturated carbocycles. The van der Waals surface area contributed by atoms with Crippen molar-refractivity contribution in [1.82, 2.24) is 10.2 Å². The number of carbonyl (C=O) groups excluding carboxylic acids is 2. The Hall–Kier alpha value is -3.90. The first-order chi connectivity index (χ1) is 15.0. The maximum Gasteiger partial charge on any atom is 0.348 e. The fraction of sp³-hybridized carbons (Fsp3) is 0.0417. The highest BCUT2D eigenvalue weighted by molar-refractivity contribution is 6.31. The molecule has 7 heteroatoms. The molecule has 0 aliphatic carbocycles. The number of benzene rings is 3. The summed E-state index contributed by atoms with van der Waals surface area (Å²) in [6, 6.07) is 24.1. The van der Waals surface area contributed by atoms with Gasteiger partial charge in [-0.3, -0.25) is 10.1 Å². The molecule has 3 aromatic carbocycles. The first kappa shape index (κ1) is 20.4. The molecule has 0 spiro atoms. The summed E-state index contributed by atoms with van der Waals surface area (Å²) in [5, 5.41) is 5.74. The van der Waals surface area contributed by atoms with Crippen molar-refractivity contribution in [2.75, 3.05) is 12.4 Å². The third-order valence-corrected chi connectivity index (χ3v) is 4.98. The summed E-state index contributed by atoms with van der Waals surface area (Å²) in [7, 11) is 1.67. The van der Waals surface area contributed by atoms with Gasteiger partial charge in [-0.1, -0.05) is 72.3 Å². The second-order valence-corrected chi connectivity index (χ2v) is 7.34. The number of anilines is 1. The van der Waals surface area contributed by atoms with Crippen LogP contribution in [0.4, 0.5) is 10.5 Å². The lowest BCUT2D eigenvalue weighted by Crippen LogP contribution is -2.29. The van der Waals surface area contributed by atoms with E-state index in [4.69, 9.17) is 11.6 Å². The van der Waals surface area contributed by atoms with E-state index in [-0.39, 0.29) is 11.9 Å². The lowest BCUT2D eigenvalue weighted by atomic mass is 10.0. The zero-order valence-corrected chi connectivity index (χ0v) is 17.4. The van der Waals surface area contributed by atoms with Gasteiger partial charge in [-0.25, -0.2) is 4.79 Å². The quantitative estimate of drug-likeness (QED) is 0.574. The van der Waals surface area contributed by atoms with Crippen molar-refractivity contribution in [2.45, 2.75) is 0 Å². The Morgan fingerprint density at radius 3 is 2.42 bits per heavy atom. The van der Waals surface area contributed by atoms with Gasteiger partial charge in [-0.15, -0.1) is 0 Å². The van der Waals surface area contributed by atoms with Crippen molar-refractivity contribution in [3.63, 3.8) is 0 Å². The molecule has 1 fully saturated rings. The number of likely N-dealkylation sites (N-methyl/N-ethyl adjacent to an activating group) is 1. The fourth-order valence-electron chi connectivity index (χ4n) is 3.16. The fourth-order valence-corrected chi connectivity index (χ4v) is 3.35. The van der Waals surface area contributed by atoms with Crippen LogP contribution in [0, 0.1) is 0 Å². The van der Waals surface area contributed by atoms with Crippen molar-refractivity contribution in [3.8, 4) is 11.1 Å². The Bertz CT molecular complexity index is 1190. The van der Waals surface area contributed by atoms with Crippen molar-refractivity contribution >= 4 is 41.3 Å². The van der Waals surface area contributed by atoms with Crippen LogP contribution in [0.3, 0.4) is 0 Å². The van der Waals surface area contributed by atoms with Crippen LogP contribution < -0.4 is 10.6 Å². The molecule has 3 aromatic rings. The van der Waals surface area contributed by atoms with Gasteiger partial charge in [0.25, 0.3) is 5.91 Å². The van der Waals surface area contributed by atoms with Crippen molar-refractivity contribution in [2.24, 2.45) is 4.99 Å². The molecular weight excluding hydrogens is 412 g/mol. The van der Waals surface area contributed by atoms with E-state index >= 15 is 0 Å². The number of amides is 3. The Kier molecular flexibility index (Phi) is 5.82. The second-order valence-electron chi connectivity index (χ2n) is 6.91. The smallest absolute Gasteiger partial charge is 0.310 e. The van der Waals surface area contributed by atoms with Crippen LogP contribution in [0.2, 0.25) is 5.02 Å². The Morgan fingerprint density at radius 2 is 1.71 bits per heavy atom. The molecule has 1 heterocycles. The minimum absolute atomic E-state index is 0.150. The van der Waals surface area contributed by atoms with Gasteiger partial charge in [0.1, 0.15) is 5.70 Å². The van der Waals surface area contributed by atoms with E-state index in [1.165, 1.54) is 0 Å². The van der Waals surface area contributed by atoms with E-state index in [0.29, 0.717) is 16.4 Å². The third-order valence-electron chi connectivity index (χ3n) is 4.74. The van der Waals surface area contributed by atoms with E-state index in [2.05, 4.69) is 15.6 Å². The number of aliphatic imine (C=N–C) groups is 1. The molecule has 0 bridgehead atoms. The van der Waals surface area contributed by atoms with Gasteiger partial charge in [-0.05, 0) is 41.0 Å². The molecule has 6 nitrogen and oxygen atoms in total. The van der Waals surface area contributed by atoms with Gasteiger partial charge in [-0.2, -0.15) is 4.99 Å². The van der Waals surface area contributed by atoms with Crippen LogP contribution in [-0.4, -0.2) is 29.8 Å². The van der Waals surface area contributed by atoms with E-state index < -0.39 is 6.03 Å². The first-order valence-corrected chi connectivity index (χ1v) is 9.95. The first-order valence-electron chi connectivity index (χ1n) is 9.57. The molecule has 4 rings (SSSR count). The maximum atomic E-state index is 12.4. The van der Waals surface area contributed by atoms with Crippen LogP contribution in [0.1, 0.15) is 5.56 Å². The molecule has 1 saturated heterocycles. The highest BCUT2D eigenvalue weighted by atomic mass is 35.5. The SMILES string of the molecule is CN1C(=Cc2ccc(-c3ccccc3)cc2)C(=O)NC1=NC(=O)Nc1cccc(Cl)c1. The molecule has 31 heavy (non-hydrogen) atoms. The van der Waals surface area contributed by atoms with Gasteiger partial charge in [0.2, 0.25) is 5.96 Å². The highest BCUT2D eigenvalue weighted by Gasteiger charge is 2.29. The van der Waals surface area contributed by atoms with Crippen molar-refractivity contribution in [3.05, 3.63) is 95.1 Å². The molecule has 0 atom stereocenters. The van der Waals surface area contributed by atoms with Gasteiger partial charge in [0, 0.05) is 17.8 Å². The Morgan fingerprint density at radius 1 is 1.00 bits per heavy atom. The van der Waals surface area contributed by atoms with Crippen LogP contribution in [0.5, 0.6) is 0 Å². The number of rotatable bonds is 3. The monoisotopic (exact) mass is 430 g/mol. The van der Waals surface area contributed by atoms with Gasteiger partial charge < -0.3 is 10.2 Å². The Balaban J connectivity index is 1.50. The summed E-state index contributed by atoms with van der Waals surface area (Å²) < 4.78 is 0. The van der Waals surface area contributed by atoms with E-state index in [1.807, 2.05) is 54.6 Å². The summed E-state index contributed by atoms with van der Waals surface area (Å²) in [6.45, 7) is 0. The standard InChI is InChI=1S/C24H19ClN4O2/c1-29-21(14-16-10-12-18(13-11-16)17-6-3-2-4-7-17)22(30)27-23(29)28-24(31)26-20-9-5-8-19(25)15-20/h2-15H,1H3,(H2,26,27,28,30,31). The zero-order chi connectivity index (χ0) is 21.8. The van der Waals surface area contributed by atoms with Gasteiger partial charge in [0.05, 0.1) is 0 Å². The number of guanidine groups is 1. The molecular formula is C24H19ClN4O2. The van der Waals surface area contributed by atoms with Crippen molar-refractivity contribution in [1.29, 1.82) is 0 Å². The van der Waals surface area contributed by atoms with Crippen LogP contribution in [0.25, 0.3) is 17.2 Å². The molecule has 0 radical (unpaired) electrons. The number of nitrogens with zero attached hydrogens (tertiary/aromatic N) is 2. The summed E-state index contributed by atoms with van der Waals surface area (Å²) >= 11 is 5.92. The molecule has 1 aliphatic rings. The molecule has 0 aromatic heterocycles. The minimum atomic E-state index is -0.613. The van der Waals surface area contributed by atoms with Gasteiger partial charge in [0.15, 0.2) is 0 Å². The zero-order valence-electron chi connectivity index (χ0n) is 16.7. The predicted molar refractivity (Wildman–Crippen MR) is 124 cm³/mol. The average molecular weight is 431 g/mol. The predicted octanol–water partition coefficient (Wildman–Crippen LogP) is 5.00. The summed E-state index contributed by atoms with van der Waals surface area (Å²) in [4.78, 5) is 30.2. The lowest BCUT2D eigenvalue weighted by molar-refractivity contribution is -0.115. The summed E-state index contributed by atoms with van der Waals surface area (Å²) in [5.74, 6) is -0.180. The molecule has 1 aliphatic heterocycles. The number of halogens is 1. The third kappa shape index (κ3) is 4.82. The number of hydrogen-bond acceptors (Lipinski definition) is 2. The minimum Gasteiger partial charge on any atom is -0.310 e. The topological polar surface area (TPSA) is 73.8 Å². The number of nitrogens with one attached hydrogen (secondary N) is 2. The van der Waals surface area contributed by atoms with Gasteiger partial charge >= 0.3 is 6.03 Å². The summed E-state index contributed by atoms with van der Waals surface area (Å²) in [6.07, 6.45) is 1.75. The van der Waals surface area contributed by atoms with E-state index in [9.17, 15) is 9.59 Å². The van der Waals surface area contributed by atoms with Crippen LogP contribution in [0.15, 0.2) is 89.6 Å². The number of carbonyl (C=O) groups is 2. The normalized spacial score (nSPS) is 15.9. The molecule has 0 unspecified atom stereocenters. The molecule has 154 valence electrons. The van der Waals surface area contributed by atoms with Crippen molar-refractivity contribution < 1.29 is 9.59 Å². The van der Waals surface area contributed by atoms with E-state index in [1.54, 1.807) is 42.3 Å². The Labute approximate surface area is 184 Å². The highest BCUT2D eigenvalue weighted by Crippen LogP contribution is 2.22. The van der Waals surface area contributed by atoms with Crippen LogP contribution in [-0.2, 0) is 4.79 Å². The maximum absolute atomic E-state index is 12.4. The van der Waals surface area contributed by atoms with E-state index in [0.717, 1.165) is 16.7 Å². The largest absolute Gasteiger partial charge is 0.348 e. The second kappa shape index (κ2) is 8.85. The summed E-state index contributed by atoms with van der Waals surface area (Å²) in [5.41, 5.74) is 3.98. The lowest BCUT2D eigenvalue weighted by Gasteiger charge is -2.11. The number of hydrogen-bond donors (Lipinski definition) is 2. The van der Waals surface area contributed by atoms with Crippen LogP contribution >= 0.6 is 11.6 Å². The average Bonchev–Trinajstić information content (AvgIpc) is 3.02.